The highest BCUT2D eigenvalue weighted by molar-refractivity contribution is 7.92. The van der Waals surface area contributed by atoms with Crippen LogP contribution in [0, 0.1) is 17.0 Å². The number of carbonyl (C=O) groups excluding carboxylic acids is 2. The lowest BCUT2D eigenvalue weighted by atomic mass is 10.1. The first-order valence-electron chi connectivity index (χ1n) is 11.9. The molecule has 0 fully saturated rings. The topological polar surface area (TPSA) is 139 Å². The van der Waals surface area contributed by atoms with E-state index in [0.29, 0.717) is 19.4 Å². The van der Waals surface area contributed by atoms with Gasteiger partial charge in [0.1, 0.15) is 24.0 Å². The molecule has 1 atom stereocenters. The highest BCUT2D eigenvalue weighted by Gasteiger charge is 2.33. The summed E-state index contributed by atoms with van der Waals surface area (Å²) in [6.45, 7) is 5.39. The lowest BCUT2D eigenvalue weighted by molar-refractivity contribution is -0.384. The van der Waals surface area contributed by atoms with Gasteiger partial charge in [0, 0.05) is 25.2 Å². The average Bonchev–Trinajstić information content (AvgIpc) is 2.85. The molecule has 2 aromatic carbocycles. The van der Waals surface area contributed by atoms with Gasteiger partial charge in [-0.15, -0.1) is 0 Å². The predicted octanol–water partition coefficient (Wildman–Crippen LogP) is 3.01. The maximum absolute atomic E-state index is 13.8. The molecule has 0 aliphatic carbocycles. The van der Waals surface area contributed by atoms with Crippen LogP contribution >= 0.6 is 0 Å². The molecule has 0 spiro atoms. The summed E-state index contributed by atoms with van der Waals surface area (Å²) in [7, 11) is -2.79. The molecule has 0 heterocycles. The number of nitro groups is 1. The standard InChI is InChI=1S/C25H34N4O7S/c1-6-14-26-25(31)21(7-2)27(16-19-11-9-8-10-18(19)3)24(30)17-28(37(5,34)35)22-15-20(29(32)33)12-13-23(22)36-4/h8-13,15,21H,6-7,14,16-17H2,1-5H3,(H,26,31). The second kappa shape index (κ2) is 13.0. The summed E-state index contributed by atoms with van der Waals surface area (Å²) in [6.07, 6.45) is 1.91. The number of sulfonamides is 1. The van der Waals surface area contributed by atoms with Crippen LogP contribution < -0.4 is 14.4 Å². The Balaban J connectivity index is 2.56. The molecular formula is C25H34N4O7S. The molecule has 2 aromatic rings. The van der Waals surface area contributed by atoms with Crippen molar-refractivity contribution in [3.05, 3.63) is 63.7 Å². The van der Waals surface area contributed by atoms with Crippen LogP contribution in [0.25, 0.3) is 0 Å². The molecular weight excluding hydrogens is 500 g/mol. The van der Waals surface area contributed by atoms with Gasteiger partial charge in [0.15, 0.2) is 0 Å². The van der Waals surface area contributed by atoms with Gasteiger partial charge in [-0.3, -0.25) is 24.0 Å². The molecule has 0 radical (unpaired) electrons. The van der Waals surface area contributed by atoms with Gasteiger partial charge in [0.2, 0.25) is 21.8 Å². The van der Waals surface area contributed by atoms with Crippen LogP contribution in [0.15, 0.2) is 42.5 Å². The first-order valence-corrected chi connectivity index (χ1v) is 13.7. The number of benzene rings is 2. The van der Waals surface area contributed by atoms with Crippen LogP contribution in [0.3, 0.4) is 0 Å². The lowest BCUT2D eigenvalue weighted by Crippen LogP contribution is -2.52. The summed E-state index contributed by atoms with van der Waals surface area (Å²) in [5.74, 6) is -0.937. The molecule has 202 valence electrons. The third kappa shape index (κ3) is 7.66. The zero-order valence-corrected chi connectivity index (χ0v) is 22.6. The molecule has 0 bridgehead atoms. The number of ether oxygens (including phenoxy) is 1. The number of hydrogen-bond donors (Lipinski definition) is 1. The average molecular weight is 535 g/mol. The maximum Gasteiger partial charge on any atom is 0.271 e. The number of non-ortho nitro benzene ring substituents is 1. The lowest BCUT2D eigenvalue weighted by Gasteiger charge is -2.33. The number of nitro benzene ring substituents is 1. The number of nitrogens with zero attached hydrogens (tertiary/aromatic N) is 3. The van der Waals surface area contributed by atoms with Gasteiger partial charge in [0.25, 0.3) is 5.69 Å². The van der Waals surface area contributed by atoms with Crippen molar-refractivity contribution < 1.29 is 27.7 Å². The smallest absolute Gasteiger partial charge is 0.271 e. The Hall–Kier alpha value is -3.67. The quantitative estimate of drug-likeness (QED) is 0.308. The number of nitrogens with one attached hydrogen (secondary N) is 1. The van der Waals surface area contributed by atoms with Gasteiger partial charge in [-0.1, -0.05) is 38.1 Å². The van der Waals surface area contributed by atoms with Crippen molar-refractivity contribution in [2.75, 3.05) is 30.8 Å². The van der Waals surface area contributed by atoms with Gasteiger partial charge in [0.05, 0.1) is 18.3 Å². The molecule has 2 amide bonds. The van der Waals surface area contributed by atoms with Gasteiger partial charge in [-0.2, -0.15) is 0 Å². The second-order valence-corrected chi connectivity index (χ2v) is 10.5. The SMILES string of the molecule is CCCNC(=O)C(CC)N(Cc1ccccc1C)C(=O)CN(c1cc([N+](=O)[O-])ccc1OC)S(C)(=O)=O. The van der Waals surface area contributed by atoms with E-state index in [4.69, 9.17) is 4.74 Å². The van der Waals surface area contributed by atoms with E-state index in [0.717, 1.165) is 27.8 Å². The fraction of sp³-hybridized carbons (Fsp3) is 0.440. The summed E-state index contributed by atoms with van der Waals surface area (Å²) in [6, 6.07) is 10.0. The zero-order valence-electron chi connectivity index (χ0n) is 21.8. The molecule has 37 heavy (non-hydrogen) atoms. The fourth-order valence-electron chi connectivity index (χ4n) is 3.84. The van der Waals surface area contributed by atoms with Crippen molar-refractivity contribution in [2.24, 2.45) is 0 Å². The van der Waals surface area contributed by atoms with Crippen LogP contribution in [-0.2, 0) is 26.2 Å². The summed E-state index contributed by atoms with van der Waals surface area (Å²) in [5, 5.41) is 14.2. The zero-order chi connectivity index (χ0) is 27.8. The van der Waals surface area contributed by atoms with E-state index in [2.05, 4.69) is 5.32 Å². The molecule has 0 aliphatic heterocycles. The second-order valence-electron chi connectivity index (χ2n) is 8.55. The number of carbonyl (C=O) groups is 2. The highest BCUT2D eigenvalue weighted by Crippen LogP contribution is 2.34. The van der Waals surface area contributed by atoms with Crippen LogP contribution in [0.1, 0.15) is 37.8 Å². The molecule has 1 N–H and O–H groups in total. The largest absolute Gasteiger partial charge is 0.495 e. The van der Waals surface area contributed by atoms with Gasteiger partial charge >= 0.3 is 0 Å². The van der Waals surface area contributed by atoms with Crippen molar-refractivity contribution in [3.8, 4) is 5.75 Å². The molecule has 2 rings (SSSR count). The van der Waals surface area contributed by atoms with E-state index in [-0.39, 0.29) is 29.6 Å². The molecule has 0 aliphatic rings. The van der Waals surface area contributed by atoms with Gasteiger partial charge in [-0.05, 0) is 37.0 Å². The third-order valence-electron chi connectivity index (χ3n) is 5.86. The Labute approximate surface area is 217 Å². The Morgan fingerprint density at radius 2 is 1.84 bits per heavy atom. The van der Waals surface area contributed by atoms with Crippen LogP contribution in [-0.4, -0.2) is 62.6 Å². The number of anilines is 1. The Morgan fingerprint density at radius 1 is 1.16 bits per heavy atom. The summed E-state index contributed by atoms with van der Waals surface area (Å²) >= 11 is 0. The van der Waals surface area contributed by atoms with Crippen LogP contribution in [0.4, 0.5) is 11.4 Å². The first-order chi connectivity index (χ1) is 17.4. The van der Waals surface area contributed by atoms with Crippen molar-refractivity contribution in [1.29, 1.82) is 0 Å². The summed E-state index contributed by atoms with van der Waals surface area (Å²) in [5.41, 5.74) is 1.20. The minimum atomic E-state index is -4.09. The predicted molar refractivity (Wildman–Crippen MR) is 141 cm³/mol. The summed E-state index contributed by atoms with van der Waals surface area (Å²) < 4.78 is 31.6. The van der Waals surface area contributed by atoms with Crippen LogP contribution in [0.5, 0.6) is 5.75 Å². The van der Waals surface area contributed by atoms with E-state index in [1.165, 1.54) is 24.1 Å². The first kappa shape index (κ1) is 29.6. The van der Waals surface area contributed by atoms with Crippen molar-refractivity contribution >= 4 is 33.2 Å². The molecule has 1 unspecified atom stereocenters. The molecule has 11 nitrogen and oxygen atoms in total. The molecule has 0 aromatic heterocycles. The summed E-state index contributed by atoms with van der Waals surface area (Å²) in [4.78, 5) is 38.8. The molecule has 0 saturated heterocycles. The van der Waals surface area contributed by atoms with Gasteiger partial charge < -0.3 is 15.0 Å². The van der Waals surface area contributed by atoms with E-state index in [1.807, 2.05) is 38.1 Å². The minimum absolute atomic E-state index is 0.0435. The number of rotatable bonds is 13. The Bertz CT molecular complexity index is 1230. The molecule has 0 saturated carbocycles. The van der Waals surface area contributed by atoms with Gasteiger partial charge in [-0.25, -0.2) is 8.42 Å². The van der Waals surface area contributed by atoms with E-state index in [1.54, 1.807) is 6.92 Å². The molecule has 12 heteroatoms. The van der Waals surface area contributed by atoms with Crippen LogP contribution in [0.2, 0.25) is 0 Å². The number of amides is 2. The van der Waals surface area contributed by atoms with E-state index < -0.39 is 33.4 Å². The van der Waals surface area contributed by atoms with Crippen molar-refractivity contribution in [3.63, 3.8) is 0 Å². The Morgan fingerprint density at radius 3 is 2.38 bits per heavy atom. The maximum atomic E-state index is 13.8. The Kier molecular flexibility index (Phi) is 10.4. The van der Waals surface area contributed by atoms with Crippen molar-refractivity contribution in [1.82, 2.24) is 10.2 Å². The number of hydrogen-bond acceptors (Lipinski definition) is 7. The fourth-order valence-corrected chi connectivity index (χ4v) is 4.68. The van der Waals surface area contributed by atoms with E-state index in [9.17, 15) is 28.1 Å². The monoisotopic (exact) mass is 534 g/mol. The van der Waals surface area contributed by atoms with Crippen molar-refractivity contribution in [2.45, 2.75) is 46.2 Å². The minimum Gasteiger partial charge on any atom is -0.495 e. The third-order valence-corrected chi connectivity index (χ3v) is 6.98. The normalized spacial score (nSPS) is 11.9. The number of methoxy groups -OCH3 is 1. The number of aryl methyl sites for hydroxylation is 1. The van der Waals surface area contributed by atoms with E-state index >= 15 is 0 Å². The highest BCUT2D eigenvalue weighted by atomic mass is 32.2.